The Balaban J connectivity index is 1.90. The molecule has 3 N–H and O–H groups in total. The summed E-state index contributed by atoms with van der Waals surface area (Å²) in [5.74, 6) is -0.764. The van der Waals surface area contributed by atoms with Crippen LogP contribution in [0.3, 0.4) is 0 Å². The molecule has 2 rings (SSSR count). The Morgan fingerprint density at radius 2 is 1.91 bits per heavy atom. The van der Waals surface area contributed by atoms with Crippen LogP contribution in [0, 0.1) is 5.82 Å². The second-order valence-corrected chi connectivity index (χ2v) is 4.68. The number of carbonyl (C=O) groups is 1. The highest BCUT2D eigenvalue weighted by molar-refractivity contribution is 6.01. The largest absolute Gasteiger partial charge is 0.508 e. The molecule has 2 aromatic rings. The van der Waals surface area contributed by atoms with Crippen molar-refractivity contribution in [2.24, 2.45) is 5.10 Å². The summed E-state index contributed by atoms with van der Waals surface area (Å²) in [6, 6.07) is 9.32. The summed E-state index contributed by atoms with van der Waals surface area (Å²) in [6.07, 6.45) is 0. The number of amides is 1. The third-order valence-electron chi connectivity index (χ3n) is 2.90. The SMILES string of the molecule is C/C(=N/NC(=O)COc1ccc(F)cc1)c1ccc(O)cc1O. The number of nitrogens with one attached hydrogen (secondary N) is 1. The summed E-state index contributed by atoms with van der Waals surface area (Å²) in [4.78, 5) is 11.6. The number of phenolic OH excluding ortho intramolecular Hbond substituents is 2. The van der Waals surface area contributed by atoms with Crippen LogP contribution in [-0.2, 0) is 4.79 Å². The van der Waals surface area contributed by atoms with Gasteiger partial charge in [-0.05, 0) is 43.3 Å². The lowest BCUT2D eigenvalue weighted by Crippen LogP contribution is -2.25. The van der Waals surface area contributed by atoms with Gasteiger partial charge >= 0.3 is 0 Å². The highest BCUT2D eigenvalue weighted by atomic mass is 19.1. The molecule has 120 valence electrons. The molecule has 0 aliphatic heterocycles. The molecule has 0 saturated heterocycles. The Labute approximate surface area is 131 Å². The predicted octanol–water partition coefficient (Wildman–Crippen LogP) is 2.16. The first-order valence-electron chi connectivity index (χ1n) is 6.69. The molecular formula is C16H15FN2O4. The van der Waals surface area contributed by atoms with E-state index >= 15 is 0 Å². The monoisotopic (exact) mass is 318 g/mol. The number of hydrazone groups is 1. The van der Waals surface area contributed by atoms with E-state index in [-0.39, 0.29) is 18.1 Å². The molecule has 0 aromatic heterocycles. The van der Waals surface area contributed by atoms with Gasteiger partial charge in [-0.2, -0.15) is 5.10 Å². The molecule has 7 heteroatoms. The van der Waals surface area contributed by atoms with Crippen molar-refractivity contribution in [2.45, 2.75) is 6.92 Å². The number of phenols is 2. The van der Waals surface area contributed by atoms with Crippen LogP contribution in [0.5, 0.6) is 17.2 Å². The highest BCUT2D eigenvalue weighted by Gasteiger charge is 2.07. The molecule has 1 amide bonds. The van der Waals surface area contributed by atoms with Gasteiger partial charge < -0.3 is 14.9 Å². The summed E-state index contributed by atoms with van der Waals surface area (Å²) < 4.78 is 17.9. The number of benzene rings is 2. The topological polar surface area (TPSA) is 91.2 Å². The van der Waals surface area contributed by atoms with Crippen molar-refractivity contribution in [3.8, 4) is 17.2 Å². The van der Waals surface area contributed by atoms with Crippen LogP contribution in [0.25, 0.3) is 0 Å². The van der Waals surface area contributed by atoms with Crippen LogP contribution in [0.1, 0.15) is 12.5 Å². The van der Waals surface area contributed by atoms with Crippen LogP contribution in [0.4, 0.5) is 4.39 Å². The standard InChI is InChI=1S/C16H15FN2O4/c1-10(14-7-4-12(20)8-15(14)21)18-19-16(22)9-23-13-5-2-11(17)3-6-13/h2-8,20-21H,9H2,1H3,(H,19,22)/b18-10-. The second kappa shape index (κ2) is 7.26. The maximum Gasteiger partial charge on any atom is 0.277 e. The first-order chi connectivity index (χ1) is 11.0. The summed E-state index contributed by atoms with van der Waals surface area (Å²) in [7, 11) is 0. The van der Waals surface area contributed by atoms with E-state index in [1.165, 1.54) is 42.5 Å². The van der Waals surface area contributed by atoms with Gasteiger partial charge in [-0.15, -0.1) is 0 Å². The van der Waals surface area contributed by atoms with E-state index in [0.29, 0.717) is 17.0 Å². The van der Waals surface area contributed by atoms with Gasteiger partial charge in [0.05, 0.1) is 5.71 Å². The molecule has 0 bridgehead atoms. The number of halogens is 1. The normalized spacial score (nSPS) is 11.1. The van der Waals surface area contributed by atoms with Crippen LogP contribution < -0.4 is 10.2 Å². The molecule has 0 fully saturated rings. The number of nitrogens with zero attached hydrogens (tertiary/aromatic N) is 1. The van der Waals surface area contributed by atoms with Crippen molar-refractivity contribution in [3.05, 3.63) is 53.8 Å². The van der Waals surface area contributed by atoms with Gasteiger partial charge in [-0.1, -0.05) is 0 Å². The fraction of sp³-hybridized carbons (Fsp3) is 0.125. The Bertz CT molecular complexity index is 729. The van der Waals surface area contributed by atoms with Gasteiger partial charge in [0.15, 0.2) is 6.61 Å². The minimum atomic E-state index is -0.507. The number of hydrogen-bond donors (Lipinski definition) is 3. The van der Waals surface area contributed by atoms with Gasteiger partial charge in [0.25, 0.3) is 5.91 Å². The summed E-state index contributed by atoms with van der Waals surface area (Å²) in [5, 5.41) is 22.8. The zero-order valence-corrected chi connectivity index (χ0v) is 12.3. The first-order valence-corrected chi connectivity index (χ1v) is 6.69. The lowest BCUT2D eigenvalue weighted by atomic mass is 10.1. The molecule has 23 heavy (non-hydrogen) atoms. The summed E-state index contributed by atoms with van der Waals surface area (Å²) in [5.41, 5.74) is 3.02. The maximum absolute atomic E-state index is 12.7. The molecule has 0 aliphatic rings. The zero-order chi connectivity index (χ0) is 16.8. The van der Waals surface area contributed by atoms with Crippen molar-refractivity contribution in [1.29, 1.82) is 0 Å². The van der Waals surface area contributed by atoms with E-state index in [9.17, 15) is 19.4 Å². The molecule has 6 nitrogen and oxygen atoms in total. The molecule has 0 radical (unpaired) electrons. The van der Waals surface area contributed by atoms with Crippen molar-refractivity contribution in [2.75, 3.05) is 6.61 Å². The van der Waals surface area contributed by atoms with Crippen molar-refractivity contribution in [1.82, 2.24) is 5.43 Å². The van der Waals surface area contributed by atoms with E-state index in [4.69, 9.17) is 4.74 Å². The fourth-order valence-electron chi connectivity index (χ4n) is 1.74. The average Bonchev–Trinajstić information content (AvgIpc) is 2.52. The number of carbonyl (C=O) groups excluding carboxylic acids is 1. The minimum Gasteiger partial charge on any atom is -0.508 e. The van der Waals surface area contributed by atoms with Gasteiger partial charge in [0.1, 0.15) is 23.1 Å². The van der Waals surface area contributed by atoms with Crippen LogP contribution >= 0.6 is 0 Å². The Morgan fingerprint density at radius 3 is 2.57 bits per heavy atom. The van der Waals surface area contributed by atoms with Crippen LogP contribution in [0.2, 0.25) is 0 Å². The minimum absolute atomic E-state index is 0.0733. The summed E-state index contributed by atoms with van der Waals surface area (Å²) >= 11 is 0. The Morgan fingerprint density at radius 1 is 1.22 bits per heavy atom. The van der Waals surface area contributed by atoms with E-state index in [1.54, 1.807) is 6.92 Å². The van der Waals surface area contributed by atoms with Gasteiger partial charge in [-0.25, -0.2) is 9.82 Å². The highest BCUT2D eigenvalue weighted by Crippen LogP contribution is 2.22. The zero-order valence-electron chi connectivity index (χ0n) is 12.3. The van der Waals surface area contributed by atoms with Crippen molar-refractivity contribution >= 4 is 11.6 Å². The first kappa shape index (κ1) is 16.3. The molecule has 0 atom stereocenters. The Kier molecular flexibility index (Phi) is 5.14. The fourth-order valence-corrected chi connectivity index (χ4v) is 1.74. The maximum atomic E-state index is 12.7. The van der Waals surface area contributed by atoms with E-state index in [2.05, 4.69) is 10.5 Å². The van der Waals surface area contributed by atoms with Gasteiger partial charge in [0.2, 0.25) is 0 Å². The lowest BCUT2D eigenvalue weighted by Gasteiger charge is -2.07. The number of rotatable bonds is 5. The predicted molar refractivity (Wildman–Crippen MR) is 82.0 cm³/mol. The molecule has 0 unspecified atom stereocenters. The molecule has 0 spiro atoms. The number of aromatic hydroxyl groups is 2. The van der Waals surface area contributed by atoms with Gasteiger partial charge in [-0.3, -0.25) is 4.79 Å². The van der Waals surface area contributed by atoms with E-state index in [0.717, 1.165) is 0 Å². The van der Waals surface area contributed by atoms with E-state index < -0.39 is 11.7 Å². The van der Waals surface area contributed by atoms with Crippen LogP contribution in [0.15, 0.2) is 47.6 Å². The molecule has 2 aromatic carbocycles. The molecule has 0 aliphatic carbocycles. The summed E-state index contributed by atoms with van der Waals surface area (Å²) in [6.45, 7) is 1.30. The smallest absolute Gasteiger partial charge is 0.277 e. The third kappa shape index (κ3) is 4.70. The second-order valence-electron chi connectivity index (χ2n) is 4.68. The average molecular weight is 318 g/mol. The van der Waals surface area contributed by atoms with Crippen molar-refractivity contribution in [3.63, 3.8) is 0 Å². The van der Waals surface area contributed by atoms with Crippen molar-refractivity contribution < 1.29 is 24.1 Å². The van der Waals surface area contributed by atoms with Gasteiger partial charge in [0, 0.05) is 11.6 Å². The van der Waals surface area contributed by atoms with E-state index in [1.807, 2.05) is 0 Å². The molecular weight excluding hydrogens is 303 g/mol. The third-order valence-corrected chi connectivity index (χ3v) is 2.90. The number of hydrogen-bond acceptors (Lipinski definition) is 5. The lowest BCUT2D eigenvalue weighted by molar-refractivity contribution is -0.123. The molecule has 0 heterocycles. The molecule has 0 saturated carbocycles. The Hall–Kier alpha value is -3.09. The number of ether oxygens (including phenoxy) is 1. The van der Waals surface area contributed by atoms with Crippen LogP contribution in [-0.4, -0.2) is 28.4 Å². The quantitative estimate of drug-likeness (QED) is 0.582.